The summed E-state index contributed by atoms with van der Waals surface area (Å²) in [5.41, 5.74) is 2.12. The summed E-state index contributed by atoms with van der Waals surface area (Å²) >= 11 is 0. The summed E-state index contributed by atoms with van der Waals surface area (Å²) < 4.78 is 5.29. The maximum atomic E-state index is 12.4. The SMILES string of the molecule is C[C@@H](OC(=O)c1c[nH]c2ccccc12)C(=O)Nc1ncnc2nc[nH]c12. The Morgan fingerprint density at radius 2 is 2.00 bits per heavy atom. The fourth-order valence-electron chi connectivity index (χ4n) is 2.60. The smallest absolute Gasteiger partial charge is 0.341 e. The van der Waals surface area contributed by atoms with Crippen molar-refractivity contribution in [3.8, 4) is 0 Å². The predicted molar refractivity (Wildman–Crippen MR) is 93.5 cm³/mol. The van der Waals surface area contributed by atoms with E-state index in [1.165, 1.54) is 19.6 Å². The Balaban J connectivity index is 1.49. The van der Waals surface area contributed by atoms with E-state index in [1.54, 1.807) is 6.20 Å². The number of imidazole rings is 1. The Morgan fingerprint density at radius 3 is 2.88 bits per heavy atom. The molecule has 0 radical (unpaired) electrons. The molecule has 4 aromatic rings. The van der Waals surface area contributed by atoms with E-state index in [0.29, 0.717) is 16.7 Å². The number of H-pyrrole nitrogens is 2. The van der Waals surface area contributed by atoms with Gasteiger partial charge >= 0.3 is 5.97 Å². The van der Waals surface area contributed by atoms with E-state index in [9.17, 15) is 9.59 Å². The minimum absolute atomic E-state index is 0.271. The molecule has 3 N–H and O–H groups in total. The number of aromatic nitrogens is 5. The number of anilines is 1. The number of carbonyl (C=O) groups excluding carboxylic acids is 2. The third-order valence-electron chi connectivity index (χ3n) is 3.93. The zero-order valence-corrected chi connectivity index (χ0v) is 13.7. The molecule has 1 amide bonds. The molecule has 26 heavy (non-hydrogen) atoms. The number of para-hydroxylation sites is 1. The Morgan fingerprint density at radius 1 is 1.15 bits per heavy atom. The van der Waals surface area contributed by atoms with Gasteiger partial charge in [-0.15, -0.1) is 0 Å². The average Bonchev–Trinajstić information content (AvgIpc) is 3.29. The van der Waals surface area contributed by atoms with Gasteiger partial charge < -0.3 is 20.0 Å². The van der Waals surface area contributed by atoms with Gasteiger partial charge in [0.15, 0.2) is 17.6 Å². The molecule has 0 aliphatic rings. The Hall–Kier alpha value is -3.75. The van der Waals surface area contributed by atoms with Crippen molar-refractivity contribution in [1.29, 1.82) is 0 Å². The van der Waals surface area contributed by atoms with Gasteiger partial charge in [0.1, 0.15) is 11.8 Å². The van der Waals surface area contributed by atoms with Gasteiger partial charge in [0.05, 0.1) is 11.9 Å². The molecule has 9 nitrogen and oxygen atoms in total. The molecule has 0 aliphatic carbocycles. The number of nitrogens with zero attached hydrogens (tertiary/aromatic N) is 3. The minimum Gasteiger partial charge on any atom is -0.449 e. The van der Waals surface area contributed by atoms with Gasteiger partial charge in [-0.1, -0.05) is 18.2 Å². The van der Waals surface area contributed by atoms with Gasteiger partial charge in [-0.25, -0.2) is 19.7 Å². The number of esters is 1. The zero-order valence-electron chi connectivity index (χ0n) is 13.7. The number of hydrogen-bond acceptors (Lipinski definition) is 6. The second-order valence-electron chi connectivity index (χ2n) is 5.61. The van der Waals surface area contributed by atoms with E-state index >= 15 is 0 Å². The van der Waals surface area contributed by atoms with Crippen LogP contribution in [0.25, 0.3) is 22.1 Å². The molecule has 0 spiro atoms. The van der Waals surface area contributed by atoms with E-state index in [2.05, 4.69) is 30.2 Å². The highest BCUT2D eigenvalue weighted by Gasteiger charge is 2.22. The van der Waals surface area contributed by atoms with Gasteiger partial charge in [0.25, 0.3) is 5.91 Å². The molecular weight excluding hydrogens is 336 g/mol. The van der Waals surface area contributed by atoms with E-state index in [4.69, 9.17) is 4.74 Å². The van der Waals surface area contributed by atoms with Crippen molar-refractivity contribution in [3.05, 3.63) is 48.7 Å². The molecule has 0 saturated heterocycles. The first kappa shape index (κ1) is 15.8. The molecule has 0 aliphatic heterocycles. The van der Waals surface area contributed by atoms with E-state index < -0.39 is 18.0 Å². The molecule has 3 heterocycles. The molecule has 4 rings (SSSR count). The lowest BCUT2D eigenvalue weighted by molar-refractivity contribution is -0.123. The second kappa shape index (κ2) is 6.28. The van der Waals surface area contributed by atoms with Gasteiger partial charge in [-0.2, -0.15) is 0 Å². The summed E-state index contributed by atoms with van der Waals surface area (Å²) in [6.07, 6.45) is 3.30. The fraction of sp³-hybridized carbons (Fsp3) is 0.118. The number of hydrogen-bond donors (Lipinski definition) is 3. The van der Waals surface area contributed by atoms with Crippen molar-refractivity contribution < 1.29 is 14.3 Å². The van der Waals surface area contributed by atoms with Crippen molar-refractivity contribution in [2.24, 2.45) is 0 Å². The van der Waals surface area contributed by atoms with Crippen LogP contribution in [0.2, 0.25) is 0 Å². The van der Waals surface area contributed by atoms with Crippen molar-refractivity contribution in [2.45, 2.75) is 13.0 Å². The van der Waals surface area contributed by atoms with Crippen LogP contribution in [0.3, 0.4) is 0 Å². The first-order valence-corrected chi connectivity index (χ1v) is 7.85. The molecular formula is C17H14N6O3. The highest BCUT2D eigenvalue weighted by molar-refractivity contribution is 6.05. The number of aromatic amines is 2. The van der Waals surface area contributed by atoms with Crippen LogP contribution in [-0.4, -0.2) is 42.9 Å². The maximum Gasteiger partial charge on any atom is 0.341 e. The molecule has 0 saturated carbocycles. The summed E-state index contributed by atoms with van der Waals surface area (Å²) in [5, 5.41) is 3.35. The van der Waals surface area contributed by atoms with Crippen LogP contribution in [0.1, 0.15) is 17.3 Å². The summed E-state index contributed by atoms with van der Waals surface area (Å²) in [6.45, 7) is 1.49. The molecule has 130 valence electrons. The number of rotatable bonds is 4. The largest absolute Gasteiger partial charge is 0.449 e. The maximum absolute atomic E-state index is 12.4. The van der Waals surface area contributed by atoms with Crippen molar-refractivity contribution in [1.82, 2.24) is 24.9 Å². The third-order valence-corrected chi connectivity index (χ3v) is 3.93. The lowest BCUT2D eigenvalue weighted by atomic mass is 10.2. The third kappa shape index (κ3) is 2.75. The Labute approximate surface area is 146 Å². The molecule has 0 bridgehead atoms. The number of benzene rings is 1. The normalized spacial score (nSPS) is 12.2. The summed E-state index contributed by atoms with van der Waals surface area (Å²) in [6, 6.07) is 7.35. The van der Waals surface area contributed by atoms with E-state index in [1.807, 2.05) is 24.3 Å². The van der Waals surface area contributed by atoms with Crippen LogP contribution in [-0.2, 0) is 9.53 Å². The molecule has 1 atom stereocenters. The summed E-state index contributed by atoms with van der Waals surface area (Å²) in [4.78, 5) is 42.6. The average molecular weight is 350 g/mol. The van der Waals surface area contributed by atoms with Gasteiger partial charge in [0, 0.05) is 17.1 Å². The number of amides is 1. The quantitative estimate of drug-likeness (QED) is 0.483. The first-order valence-electron chi connectivity index (χ1n) is 7.85. The van der Waals surface area contributed by atoms with E-state index in [-0.39, 0.29) is 5.82 Å². The topological polar surface area (TPSA) is 126 Å². The van der Waals surface area contributed by atoms with Crippen LogP contribution in [0.4, 0.5) is 5.82 Å². The van der Waals surface area contributed by atoms with Crippen LogP contribution >= 0.6 is 0 Å². The monoisotopic (exact) mass is 350 g/mol. The summed E-state index contributed by atoms with van der Waals surface area (Å²) in [5.74, 6) is -0.820. The lowest BCUT2D eigenvalue weighted by Crippen LogP contribution is -2.30. The lowest BCUT2D eigenvalue weighted by Gasteiger charge is -2.13. The van der Waals surface area contributed by atoms with Gasteiger partial charge in [0.2, 0.25) is 0 Å². The van der Waals surface area contributed by atoms with Gasteiger partial charge in [-0.3, -0.25) is 4.79 Å². The first-order chi connectivity index (χ1) is 12.6. The van der Waals surface area contributed by atoms with Gasteiger partial charge in [-0.05, 0) is 13.0 Å². The van der Waals surface area contributed by atoms with Crippen molar-refractivity contribution in [3.63, 3.8) is 0 Å². The highest BCUT2D eigenvalue weighted by Crippen LogP contribution is 2.19. The molecule has 0 unspecified atom stereocenters. The fourth-order valence-corrected chi connectivity index (χ4v) is 2.60. The summed E-state index contributed by atoms with van der Waals surface area (Å²) in [7, 11) is 0. The van der Waals surface area contributed by atoms with Crippen molar-refractivity contribution >= 4 is 39.8 Å². The second-order valence-corrected chi connectivity index (χ2v) is 5.61. The predicted octanol–water partition coefficient (Wildman–Crippen LogP) is 2.02. The molecule has 0 fully saturated rings. The van der Waals surface area contributed by atoms with E-state index in [0.717, 1.165) is 10.9 Å². The minimum atomic E-state index is -1.01. The van der Waals surface area contributed by atoms with Crippen LogP contribution in [0.5, 0.6) is 0 Å². The Kier molecular flexibility index (Phi) is 3.81. The number of ether oxygens (including phenoxy) is 1. The van der Waals surface area contributed by atoms with Crippen LogP contribution < -0.4 is 5.32 Å². The van der Waals surface area contributed by atoms with Crippen LogP contribution in [0, 0.1) is 0 Å². The zero-order chi connectivity index (χ0) is 18.1. The highest BCUT2D eigenvalue weighted by atomic mass is 16.5. The van der Waals surface area contributed by atoms with Crippen LogP contribution in [0.15, 0.2) is 43.1 Å². The Bertz CT molecular complexity index is 1120. The standard InChI is InChI=1S/C17H14N6O3/c1-9(16(24)23-15-13-14(20-7-19-13)21-8-22-15)26-17(25)11-6-18-12-5-3-2-4-10(11)12/h2-9,18H,1H3,(H2,19,20,21,22,23,24)/t9-/m1/s1. The number of nitrogens with one attached hydrogen (secondary N) is 3. The van der Waals surface area contributed by atoms with Crippen molar-refractivity contribution in [2.75, 3.05) is 5.32 Å². The number of carbonyl (C=O) groups is 2. The molecule has 9 heteroatoms. The number of fused-ring (bicyclic) bond motifs is 2. The molecule has 3 aromatic heterocycles. The molecule has 1 aromatic carbocycles.